The van der Waals surface area contributed by atoms with Gasteiger partial charge in [0.15, 0.2) is 0 Å². The van der Waals surface area contributed by atoms with Crippen LogP contribution in [0.4, 0.5) is 5.69 Å². The van der Waals surface area contributed by atoms with Crippen LogP contribution in [0.3, 0.4) is 0 Å². The van der Waals surface area contributed by atoms with Crippen LogP contribution >= 0.6 is 15.9 Å². The number of hydrogen-bond acceptors (Lipinski definition) is 3. The summed E-state index contributed by atoms with van der Waals surface area (Å²) in [5, 5.41) is 5.00. The van der Waals surface area contributed by atoms with Crippen LogP contribution in [0.15, 0.2) is 17.1 Å². The Morgan fingerprint density at radius 3 is 2.73 bits per heavy atom. The molecule has 1 aromatic heterocycles. The maximum Gasteiger partial charge on any atom is 0.268 e. The highest BCUT2D eigenvalue weighted by Gasteiger charge is 2.05. The van der Waals surface area contributed by atoms with Gasteiger partial charge in [0.25, 0.3) is 5.56 Å². The fourth-order valence-corrected chi connectivity index (χ4v) is 1.35. The molecule has 0 fully saturated rings. The molecule has 0 aliphatic carbocycles. The van der Waals surface area contributed by atoms with Gasteiger partial charge in [-0.2, -0.15) is 5.10 Å². The fourth-order valence-electron chi connectivity index (χ4n) is 1.15. The largest absolute Gasteiger partial charge is 0.376 e. The average molecular weight is 274 g/mol. The van der Waals surface area contributed by atoms with E-state index in [2.05, 4.69) is 28.0 Å². The first-order chi connectivity index (χ1) is 7.04. The monoisotopic (exact) mass is 273 g/mol. The second-order valence-electron chi connectivity index (χ2n) is 3.89. The molecule has 0 bridgehead atoms. The van der Waals surface area contributed by atoms with Crippen LogP contribution in [0.1, 0.15) is 6.92 Å². The van der Waals surface area contributed by atoms with E-state index in [-0.39, 0.29) is 5.56 Å². The fraction of sp³-hybridized carbons (Fsp3) is 0.600. The molecule has 1 heterocycles. The molecule has 1 rings (SSSR count). The predicted molar refractivity (Wildman–Crippen MR) is 65.8 cm³/mol. The molecule has 5 heteroatoms. The topological polar surface area (TPSA) is 38.1 Å². The molecular weight excluding hydrogens is 258 g/mol. The number of rotatable bonds is 4. The van der Waals surface area contributed by atoms with Gasteiger partial charge in [0.1, 0.15) is 0 Å². The van der Waals surface area contributed by atoms with Crippen molar-refractivity contribution < 1.29 is 0 Å². The number of halogens is 1. The van der Waals surface area contributed by atoms with Crippen LogP contribution in [0.2, 0.25) is 0 Å². The molecule has 0 radical (unpaired) electrons. The summed E-state index contributed by atoms with van der Waals surface area (Å²) in [4.78, 5) is 13.5. The molecule has 0 saturated carbocycles. The van der Waals surface area contributed by atoms with Crippen LogP contribution in [0.25, 0.3) is 0 Å². The lowest BCUT2D eigenvalue weighted by Gasteiger charge is -2.13. The van der Waals surface area contributed by atoms with Gasteiger partial charge in [-0.25, -0.2) is 4.68 Å². The summed E-state index contributed by atoms with van der Waals surface area (Å²) in [5.74, 6) is 0.403. The first kappa shape index (κ1) is 12.2. The van der Waals surface area contributed by atoms with E-state index in [0.717, 1.165) is 11.0 Å². The van der Waals surface area contributed by atoms with Crippen molar-refractivity contribution in [2.45, 2.75) is 13.5 Å². The molecular formula is C10H16BrN3O. The summed E-state index contributed by atoms with van der Waals surface area (Å²) in [6.45, 7) is 2.72. The Kier molecular flexibility index (Phi) is 4.32. The van der Waals surface area contributed by atoms with E-state index < -0.39 is 0 Å². The Bertz CT molecular complexity index is 375. The quantitative estimate of drug-likeness (QED) is 0.778. The molecule has 1 atom stereocenters. The molecule has 0 aliphatic rings. The van der Waals surface area contributed by atoms with Crippen molar-refractivity contribution in [3.05, 3.63) is 22.6 Å². The molecule has 84 valence electrons. The lowest BCUT2D eigenvalue weighted by atomic mass is 10.2. The SMILES string of the molecule is CC(CBr)Cn1ncc(N(C)C)cc1=O. The maximum atomic E-state index is 11.7. The van der Waals surface area contributed by atoms with E-state index in [1.54, 1.807) is 12.3 Å². The smallest absolute Gasteiger partial charge is 0.268 e. The minimum absolute atomic E-state index is 0.0472. The van der Waals surface area contributed by atoms with Crippen molar-refractivity contribution in [2.75, 3.05) is 24.3 Å². The molecule has 0 spiro atoms. The summed E-state index contributed by atoms with van der Waals surface area (Å²) < 4.78 is 1.50. The van der Waals surface area contributed by atoms with Crippen LogP contribution < -0.4 is 10.5 Å². The third-order valence-corrected chi connectivity index (χ3v) is 3.22. The Morgan fingerprint density at radius 2 is 2.27 bits per heavy atom. The Morgan fingerprint density at radius 1 is 1.60 bits per heavy atom. The maximum absolute atomic E-state index is 11.7. The summed E-state index contributed by atoms with van der Waals surface area (Å²) in [6, 6.07) is 1.61. The number of hydrogen-bond donors (Lipinski definition) is 0. The summed E-state index contributed by atoms with van der Waals surface area (Å²) in [7, 11) is 3.78. The van der Waals surface area contributed by atoms with E-state index in [1.165, 1.54) is 4.68 Å². The molecule has 0 aliphatic heterocycles. The van der Waals surface area contributed by atoms with E-state index in [9.17, 15) is 4.79 Å². The van der Waals surface area contributed by atoms with Gasteiger partial charge >= 0.3 is 0 Å². The zero-order chi connectivity index (χ0) is 11.4. The van der Waals surface area contributed by atoms with Crippen molar-refractivity contribution in [2.24, 2.45) is 5.92 Å². The third kappa shape index (κ3) is 3.34. The highest BCUT2D eigenvalue weighted by Crippen LogP contribution is 2.05. The van der Waals surface area contributed by atoms with E-state index in [0.29, 0.717) is 12.5 Å². The molecule has 1 aromatic rings. The first-order valence-corrected chi connectivity index (χ1v) is 5.97. The average Bonchev–Trinajstić information content (AvgIpc) is 2.20. The van der Waals surface area contributed by atoms with Crippen molar-refractivity contribution in [3.8, 4) is 0 Å². The van der Waals surface area contributed by atoms with E-state index >= 15 is 0 Å². The summed E-state index contributed by atoms with van der Waals surface area (Å²) in [5.41, 5.74) is 0.789. The van der Waals surface area contributed by atoms with Gasteiger partial charge in [-0.1, -0.05) is 22.9 Å². The van der Waals surface area contributed by atoms with Gasteiger partial charge in [0.2, 0.25) is 0 Å². The molecule has 0 saturated heterocycles. The van der Waals surface area contributed by atoms with E-state index in [1.807, 2.05) is 19.0 Å². The Labute approximate surface area is 98.0 Å². The van der Waals surface area contributed by atoms with Gasteiger partial charge < -0.3 is 4.90 Å². The molecule has 0 amide bonds. The standard InChI is InChI=1S/C10H16BrN3O/c1-8(5-11)7-14-10(15)4-9(6-12-14)13(2)3/h4,6,8H,5,7H2,1-3H3. The zero-order valence-corrected chi connectivity index (χ0v) is 10.9. The lowest BCUT2D eigenvalue weighted by Crippen LogP contribution is -2.26. The minimum Gasteiger partial charge on any atom is -0.376 e. The van der Waals surface area contributed by atoms with Crippen molar-refractivity contribution in [3.63, 3.8) is 0 Å². The molecule has 0 N–H and O–H groups in total. The van der Waals surface area contributed by atoms with Crippen molar-refractivity contribution in [1.82, 2.24) is 9.78 Å². The summed E-state index contributed by atoms with van der Waals surface area (Å²) >= 11 is 3.38. The normalized spacial score (nSPS) is 12.5. The Hall–Kier alpha value is -0.840. The predicted octanol–water partition coefficient (Wildman–Crippen LogP) is 1.34. The van der Waals surface area contributed by atoms with Crippen LogP contribution in [0, 0.1) is 5.92 Å². The van der Waals surface area contributed by atoms with E-state index in [4.69, 9.17) is 0 Å². The lowest BCUT2D eigenvalue weighted by molar-refractivity contribution is 0.471. The van der Waals surface area contributed by atoms with Crippen LogP contribution in [-0.2, 0) is 6.54 Å². The third-order valence-electron chi connectivity index (χ3n) is 2.12. The molecule has 1 unspecified atom stereocenters. The number of aromatic nitrogens is 2. The van der Waals surface area contributed by atoms with Gasteiger partial charge in [-0.05, 0) is 5.92 Å². The molecule has 0 aromatic carbocycles. The van der Waals surface area contributed by atoms with Gasteiger partial charge in [0.05, 0.1) is 11.9 Å². The summed E-state index contributed by atoms with van der Waals surface area (Å²) in [6.07, 6.45) is 1.71. The van der Waals surface area contributed by atoms with Gasteiger partial charge in [0, 0.05) is 32.0 Å². The Balaban J connectivity index is 2.89. The van der Waals surface area contributed by atoms with Crippen LogP contribution in [0.5, 0.6) is 0 Å². The van der Waals surface area contributed by atoms with Gasteiger partial charge in [-0.3, -0.25) is 4.79 Å². The zero-order valence-electron chi connectivity index (χ0n) is 9.27. The first-order valence-electron chi connectivity index (χ1n) is 4.85. The highest BCUT2D eigenvalue weighted by molar-refractivity contribution is 9.09. The minimum atomic E-state index is -0.0472. The number of alkyl halides is 1. The number of anilines is 1. The molecule has 15 heavy (non-hydrogen) atoms. The van der Waals surface area contributed by atoms with Crippen LogP contribution in [-0.4, -0.2) is 29.2 Å². The van der Waals surface area contributed by atoms with Crippen molar-refractivity contribution >= 4 is 21.6 Å². The second kappa shape index (κ2) is 5.30. The second-order valence-corrected chi connectivity index (χ2v) is 4.54. The molecule has 4 nitrogen and oxygen atoms in total. The van der Waals surface area contributed by atoms with Gasteiger partial charge in [-0.15, -0.1) is 0 Å². The van der Waals surface area contributed by atoms with Crippen molar-refractivity contribution in [1.29, 1.82) is 0 Å². The highest BCUT2D eigenvalue weighted by atomic mass is 79.9. The number of nitrogens with zero attached hydrogens (tertiary/aromatic N) is 3.